The fourth-order valence-corrected chi connectivity index (χ4v) is 7.53. The Morgan fingerprint density at radius 1 is 0.923 bits per heavy atom. The molecule has 3 rings (SSSR count). The molecule has 2 unspecified atom stereocenters. The van der Waals surface area contributed by atoms with Crippen LogP contribution in [0, 0.1) is 17.3 Å². The van der Waals surface area contributed by atoms with Crippen molar-refractivity contribution in [2.75, 3.05) is 13.2 Å². The Labute approximate surface area is 234 Å². The van der Waals surface area contributed by atoms with E-state index >= 15 is 0 Å². The normalized spacial score (nSPS) is 17.6. The number of hydrogen-bond acceptors (Lipinski definition) is 3. The third-order valence-corrected chi connectivity index (χ3v) is 9.76. The fourth-order valence-electron chi connectivity index (χ4n) is 5.59. The molecule has 0 heterocycles. The molecule has 2 aromatic rings. The van der Waals surface area contributed by atoms with Crippen molar-refractivity contribution in [2.24, 2.45) is 17.3 Å². The molecule has 1 aliphatic rings. The molecule has 0 aliphatic heterocycles. The zero-order valence-corrected chi connectivity index (χ0v) is 25.0. The van der Waals surface area contributed by atoms with E-state index in [1.54, 1.807) is 7.05 Å². The van der Waals surface area contributed by atoms with Gasteiger partial charge in [-0.2, -0.15) is 0 Å². The summed E-state index contributed by atoms with van der Waals surface area (Å²) in [5.74, 6) is -0.622. The summed E-state index contributed by atoms with van der Waals surface area (Å²) in [5, 5.41) is 5.57. The Morgan fingerprint density at radius 2 is 1.51 bits per heavy atom. The van der Waals surface area contributed by atoms with Crippen molar-refractivity contribution in [2.45, 2.75) is 84.3 Å². The van der Waals surface area contributed by atoms with Crippen LogP contribution < -0.4 is 10.6 Å². The largest absolute Gasteiger partial charge is 0.357 e. The van der Waals surface area contributed by atoms with Crippen LogP contribution in [0.5, 0.6) is 0 Å². The molecule has 0 spiro atoms. The van der Waals surface area contributed by atoms with Crippen molar-refractivity contribution < 1.29 is 19.0 Å². The molecule has 2 amide bonds. The van der Waals surface area contributed by atoms with Crippen LogP contribution >= 0.6 is 7.37 Å². The zero-order chi connectivity index (χ0) is 28.5. The predicted molar refractivity (Wildman–Crippen MR) is 159 cm³/mol. The van der Waals surface area contributed by atoms with Crippen LogP contribution in [-0.2, 0) is 26.7 Å². The Kier molecular flexibility index (Phi) is 11.4. The summed E-state index contributed by atoms with van der Waals surface area (Å²) in [4.78, 5) is 37.2. The molecule has 39 heavy (non-hydrogen) atoms. The quantitative estimate of drug-likeness (QED) is 0.268. The fraction of sp³-hybridized carbons (Fsp3) is 0.562. The second kappa shape index (κ2) is 14.3. The van der Waals surface area contributed by atoms with Crippen LogP contribution in [0.15, 0.2) is 54.6 Å². The van der Waals surface area contributed by atoms with Gasteiger partial charge in [-0.25, -0.2) is 0 Å². The minimum absolute atomic E-state index is 0.0317. The smallest absolute Gasteiger partial charge is 0.242 e. The van der Waals surface area contributed by atoms with Crippen LogP contribution in [0.4, 0.5) is 0 Å². The van der Waals surface area contributed by atoms with Crippen molar-refractivity contribution in [1.29, 1.82) is 0 Å². The van der Waals surface area contributed by atoms with E-state index in [-0.39, 0.29) is 24.1 Å². The Bertz CT molecular complexity index is 1110. The molecule has 1 fully saturated rings. The van der Waals surface area contributed by atoms with Crippen LogP contribution in [0.25, 0.3) is 0 Å². The number of rotatable bonds is 12. The number of hydrogen-bond donors (Lipinski definition) is 3. The first-order valence-corrected chi connectivity index (χ1v) is 16.4. The van der Waals surface area contributed by atoms with E-state index in [9.17, 15) is 19.0 Å². The number of amides is 2. The monoisotopic (exact) mass is 554 g/mol. The summed E-state index contributed by atoms with van der Waals surface area (Å²) in [7, 11) is -2.10. The summed E-state index contributed by atoms with van der Waals surface area (Å²) in [6.45, 7) is 5.72. The maximum absolute atomic E-state index is 13.5. The molecule has 214 valence electrons. The molecule has 0 aromatic heterocycles. The van der Waals surface area contributed by atoms with Crippen LogP contribution in [0.1, 0.15) is 82.4 Å². The van der Waals surface area contributed by atoms with Crippen molar-refractivity contribution in [3.05, 3.63) is 71.3 Å². The molecule has 0 radical (unpaired) electrons. The highest BCUT2D eigenvalue weighted by Gasteiger charge is 2.36. The highest BCUT2D eigenvalue weighted by molar-refractivity contribution is 7.57. The molecule has 3 atom stereocenters. The van der Waals surface area contributed by atoms with Crippen LogP contribution in [0.2, 0.25) is 0 Å². The summed E-state index contributed by atoms with van der Waals surface area (Å²) in [5.41, 5.74) is 2.66. The summed E-state index contributed by atoms with van der Waals surface area (Å²) in [6, 6.07) is 17.3. The number of nitrogens with one attached hydrogen (secondary N) is 2. The number of benzene rings is 2. The van der Waals surface area contributed by atoms with Gasteiger partial charge >= 0.3 is 0 Å². The maximum Gasteiger partial charge on any atom is 0.242 e. The summed E-state index contributed by atoms with van der Waals surface area (Å²) in [6.07, 6.45) is 8.18. The van der Waals surface area contributed by atoms with Gasteiger partial charge in [-0.1, -0.05) is 107 Å². The van der Waals surface area contributed by atoms with Gasteiger partial charge in [-0.3, -0.25) is 14.2 Å². The standard InChI is InChI=1S/C32H47N2O4P/c1-32(2,3)29(31(36)33-4)34-30(35)28(20-19-24-11-7-5-8-12-24)23-39(37,38)22-27-17-15-26(16-18-27)21-25-13-9-6-10-14-25/h6,9-10,13-18,24,28-29H,5,7-8,11-12,19-23H2,1-4H3,(H,33,36)(H,34,35)(H,37,38)/t28?,29-/m0/s1. The van der Waals surface area contributed by atoms with E-state index in [2.05, 4.69) is 22.8 Å². The average molecular weight is 555 g/mol. The van der Waals surface area contributed by atoms with Gasteiger partial charge in [0.2, 0.25) is 19.2 Å². The third kappa shape index (κ3) is 10.2. The average Bonchev–Trinajstić information content (AvgIpc) is 2.90. The van der Waals surface area contributed by atoms with E-state index in [4.69, 9.17) is 0 Å². The lowest BCUT2D eigenvalue weighted by molar-refractivity contribution is -0.133. The first-order chi connectivity index (χ1) is 18.5. The molecule has 7 heteroatoms. The third-order valence-electron chi connectivity index (χ3n) is 7.89. The van der Waals surface area contributed by atoms with Gasteiger partial charge in [-0.05, 0) is 47.3 Å². The lowest BCUT2D eigenvalue weighted by Gasteiger charge is -2.32. The molecule has 3 N–H and O–H groups in total. The van der Waals surface area contributed by atoms with Crippen molar-refractivity contribution >= 4 is 19.2 Å². The Balaban J connectivity index is 1.70. The molecule has 6 nitrogen and oxygen atoms in total. The highest BCUT2D eigenvalue weighted by Crippen LogP contribution is 2.47. The van der Waals surface area contributed by atoms with Gasteiger partial charge in [-0.15, -0.1) is 0 Å². The number of carbonyl (C=O) groups is 2. The highest BCUT2D eigenvalue weighted by atomic mass is 31.2. The predicted octanol–water partition coefficient (Wildman–Crippen LogP) is 6.30. The second-order valence-electron chi connectivity index (χ2n) is 12.4. The maximum atomic E-state index is 13.5. The van der Waals surface area contributed by atoms with Gasteiger partial charge in [0.1, 0.15) is 6.04 Å². The molecular formula is C32H47N2O4P. The SMILES string of the molecule is CNC(=O)[C@H](NC(=O)C(CCC1CCCCC1)CP(=O)(O)Cc1ccc(Cc2ccccc2)cc1)C(C)(C)C. The molecule has 2 aromatic carbocycles. The molecule has 0 bridgehead atoms. The van der Waals surface area contributed by atoms with Gasteiger partial charge in [0.25, 0.3) is 0 Å². The van der Waals surface area contributed by atoms with Crippen molar-refractivity contribution in [3.8, 4) is 0 Å². The zero-order valence-electron chi connectivity index (χ0n) is 24.1. The Morgan fingerprint density at radius 3 is 2.10 bits per heavy atom. The minimum Gasteiger partial charge on any atom is -0.357 e. The van der Waals surface area contributed by atoms with Gasteiger partial charge in [0, 0.05) is 25.3 Å². The van der Waals surface area contributed by atoms with Gasteiger partial charge < -0.3 is 15.5 Å². The van der Waals surface area contributed by atoms with Gasteiger partial charge in [0.15, 0.2) is 0 Å². The van der Waals surface area contributed by atoms with Gasteiger partial charge in [0.05, 0.1) is 0 Å². The lowest BCUT2D eigenvalue weighted by Crippen LogP contribution is -2.54. The first kappa shape index (κ1) is 31.1. The van der Waals surface area contributed by atoms with E-state index in [1.165, 1.54) is 24.8 Å². The summed E-state index contributed by atoms with van der Waals surface area (Å²) >= 11 is 0. The number of likely N-dealkylation sites (N-methyl/N-ethyl adjacent to an activating group) is 1. The molecule has 1 saturated carbocycles. The Hall–Kier alpha value is -2.43. The minimum atomic E-state index is -3.65. The molecule has 1 aliphatic carbocycles. The van der Waals surface area contributed by atoms with Crippen molar-refractivity contribution in [3.63, 3.8) is 0 Å². The lowest BCUT2D eigenvalue weighted by atomic mass is 9.83. The summed E-state index contributed by atoms with van der Waals surface area (Å²) < 4.78 is 13.5. The van der Waals surface area contributed by atoms with E-state index in [1.807, 2.05) is 63.2 Å². The van der Waals surface area contributed by atoms with Crippen molar-refractivity contribution in [1.82, 2.24) is 10.6 Å². The second-order valence-corrected chi connectivity index (χ2v) is 14.7. The number of carbonyl (C=O) groups excluding carboxylic acids is 2. The van der Waals surface area contributed by atoms with E-state index in [0.717, 1.165) is 36.8 Å². The molecular weight excluding hydrogens is 507 g/mol. The van der Waals surface area contributed by atoms with E-state index in [0.29, 0.717) is 12.3 Å². The van der Waals surface area contributed by atoms with E-state index < -0.39 is 24.7 Å². The van der Waals surface area contributed by atoms with Crippen LogP contribution in [0.3, 0.4) is 0 Å². The topological polar surface area (TPSA) is 95.5 Å². The van der Waals surface area contributed by atoms with Crippen LogP contribution in [-0.4, -0.2) is 36.0 Å². The molecule has 0 saturated heterocycles. The first-order valence-electron chi connectivity index (χ1n) is 14.4.